The molecule has 0 spiro atoms. The molecular formula is C23H25ClFNO4S. The van der Waals surface area contributed by atoms with Gasteiger partial charge in [0.1, 0.15) is 5.82 Å². The van der Waals surface area contributed by atoms with Crippen LogP contribution in [0, 0.1) is 24.6 Å². The Labute approximate surface area is 186 Å². The second-order valence-electron chi connectivity index (χ2n) is 8.90. The number of benzene rings is 2. The molecule has 2 bridgehead atoms. The van der Waals surface area contributed by atoms with E-state index in [0.717, 1.165) is 12.8 Å². The molecule has 1 unspecified atom stereocenters. The SMILES string of the molecule is Cc1ccc(NC(=O)c2ccc(Cl)c(S(=O)(=O)[C@@H]3CC4CC[C@@H](C3)[C@]4(C)O)c2)cc1F. The van der Waals surface area contributed by atoms with Crippen molar-refractivity contribution in [2.75, 3.05) is 5.32 Å². The standard InChI is InChI=1S/C23H25ClFNO4S/c1-13-3-7-17(12-20(13)25)26-22(27)14-4-8-19(24)21(9-14)31(29,30)18-10-15-5-6-16(11-18)23(15,2)28/h3-4,7-9,12,15-16,18,28H,5-6,10-11H2,1-2H3,(H,26,27)/t15-,16?,18-,23-/m0/s1. The molecular weight excluding hydrogens is 441 g/mol. The van der Waals surface area contributed by atoms with E-state index in [1.165, 1.54) is 24.3 Å². The van der Waals surface area contributed by atoms with Crippen molar-refractivity contribution in [1.82, 2.24) is 0 Å². The molecule has 2 aliphatic rings. The minimum absolute atomic E-state index is 0.0580. The fourth-order valence-electron chi connectivity index (χ4n) is 4.93. The summed E-state index contributed by atoms with van der Waals surface area (Å²) in [5.41, 5.74) is 0.0208. The van der Waals surface area contributed by atoms with Crippen LogP contribution in [0.25, 0.3) is 0 Å². The van der Waals surface area contributed by atoms with E-state index in [1.54, 1.807) is 26.0 Å². The molecule has 2 aromatic rings. The summed E-state index contributed by atoms with van der Waals surface area (Å²) in [6.45, 7) is 3.41. The van der Waals surface area contributed by atoms with E-state index >= 15 is 0 Å². The number of nitrogens with one attached hydrogen (secondary N) is 1. The first-order valence-electron chi connectivity index (χ1n) is 10.3. The highest BCUT2D eigenvalue weighted by atomic mass is 35.5. The molecule has 0 aromatic heterocycles. The molecule has 166 valence electrons. The van der Waals surface area contributed by atoms with Gasteiger partial charge in [-0.3, -0.25) is 4.79 Å². The Balaban J connectivity index is 1.60. The summed E-state index contributed by atoms with van der Waals surface area (Å²) in [4.78, 5) is 12.6. The lowest BCUT2D eigenvalue weighted by Crippen LogP contribution is -2.45. The number of halogens is 2. The van der Waals surface area contributed by atoms with Gasteiger partial charge in [0, 0.05) is 11.3 Å². The Bertz CT molecular complexity index is 1130. The van der Waals surface area contributed by atoms with Gasteiger partial charge in [-0.15, -0.1) is 0 Å². The monoisotopic (exact) mass is 465 g/mol. The van der Waals surface area contributed by atoms with Crippen LogP contribution in [-0.2, 0) is 9.84 Å². The van der Waals surface area contributed by atoms with Crippen LogP contribution in [0.5, 0.6) is 0 Å². The predicted octanol–water partition coefficient (Wildman–Crippen LogP) is 4.75. The number of carbonyl (C=O) groups is 1. The normalized spacial score (nSPS) is 27.8. The van der Waals surface area contributed by atoms with Crippen LogP contribution in [0.3, 0.4) is 0 Å². The minimum Gasteiger partial charge on any atom is -0.390 e. The summed E-state index contributed by atoms with van der Waals surface area (Å²) in [6, 6.07) is 8.46. The number of amides is 1. The molecule has 0 aliphatic heterocycles. The van der Waals surface area contributed by atoms with Gasteiger partial charge >= 0.3 is 0 Å². The van der Waals surface area contributed by atoms with Crippen LogP contribution in [-0.4, -0.2) is 30.3 Å². The molecule has 4 atom stereocenters. The summed E-state index contributed by atoms with van der Waals surface area (Å²) >= 11 is 6.24. The third-order valence-electron chi connectivity index (χ3n) is 6.98. The average Bonchev–Trinajstić information content (AvgIpc) is 2.87. The molecule has 0 heterocycles. The predicted molar refractivity (Wildman–Crippen MR) is 118 cm³/mol. The average molecular weight is 466 g/mol. The molecule has 2 aliphatic carbocycles. The van der Waals surface area contributed by atoms with Crippen LogP contribution in [0.15, 0.2) is 41.3 Å². The fraction of sp³-hybridized carbons (Fsp3) is 0.435. The number of aryl methyl sites for hydroxylation is 1. The van der Waals surface area contributed by atoms with E-state index in [-0.39, 0.29) is 33.0 Å². The van der Waals surface area contributed by atoms with E-state index in [2.05, 4.69) is 5.32 Å². The highest BCUT2D eigenvalue weighted by Crippen LogP contribution is 2.51. The maximum absolute atomic E-state index is 13.8. The lowest BCUT2D eigenvalue weighted by molar-refractivity contribution is -0.0413. The van der Waals surface area contributed by atoms with Crippen molar-refractivity contribution in [3.63, 3.8) is 0 Å². The van der Waals surface area contributed by atoms with E-state index < -0.39 is 32.4 Å². The largest absolute Gasteiger partial charge is 0.390 e. The Kier molecular flexibility index (Phi) is 5.65. The molecule has 0 saturated heterocycles. The molecule has 2 fully saturated rings. The van der Waals surface area contributed by atoms with Crippen LogP contribution in [0.4, 0.5) is 10.1 Å². The molecule has 2 aromatic carbocycles. The van der Waals surface area contributed by atoms with Gasteiger partial charge in [0.05, 0.1) is 20.8 Å². The first-order valence-corrected chi connectivity index (χ1v) is 12.3. The van der Waals surface area contributed by atoms with Gasteiger partial charge in [-0.25, -0.2) is 12.8 Å². The number of hydrogen-bond donors (Lipinski definition) is 2. The number of rotatable bonds is 4. The number of hydrogen-bond acceptors (Lipinski definition) is 4. The van der Waals surface area contributed by atoms with Gasteiger partial charge in [-0.2, -0.15) is 0 Å². The Morgan fingerprint density at radius 2 is 1.81 bits per heavy atom. The van der Waals surface area contributed by atoms with E-state index in [9.17, 15) is 22.7 Å². The van der Waals surface area contributed by atoms with Gasteiger partial charge in [0.15, 0.2) is 9.84 Å². The lowest BCUT2D eigenvalue weighted by atomic mass is 9.76. The zero-order chi connectivity index (χ0) is 22.6. The van der Waals surface area contributed by atoms with Crippen LogP contribution >= 0.6 is 11.6 Å². The molecule has 4 rings (SSSR count). The molecule has 2 saturated carbocycles. The van der Waals surface area contributed by atoms with Crippen LogP contribution < -0.4 is 5.32 Å². The summed E-state index contributed by atoms with van der Waals surface area (Å²) in [5, 5.41) is 12.7. The van der Waals surface area contributed by atoms with Gasteiger partial charge < -0.3 is 10.4 Å². The molecule has 2 N–H and O–H groups in total. The minimum atomic E-state index is -3.79. The number of carbonyl (C=O) groups excluding carboxylic acids is 1. The van der Waals surface area contributed by atoms with Crippen molar-refractivity contribution < 1.29 is 22.7 Å². The van der Waals surface area contributed by atoms with E-state index in [0.29, 0.717) is 18.4 Å². The molecule has 1 amide bonds. The van der Waals surface area contributed by atoms with Crippen molar-refractivity contribution in [3.8, 4) is 0 Å². The first kappa shape index (κ1) is 22.2. The zero-order valence-corrected chi connectivity index (χ0v) is 18.9. The third kappa shape index (κ3) is 3.99. The molecule has 0 radical (unpaired) electrons. The Morgan fingerprint density at radius 1 is 1.16 bits per heavy atom. The van der Waals surface area contributed by atoms with Gasteiger partial charge in [0.2, 0.25) is 0 Å². The Morgan fingerprint density at radius 3 is 2.42 bits per heavy atom. The van der Waals surface area contributed by atoms with Gasteiger partial charge in [-0.1, -0.05) is 17.7 Å². The highest BCUT2D eigenvalue weighted by molar-refractivity contribution is 7.92. The maximum Gasteiger partial charge on any atom is 0.255 e. The summed E-state index contributed by atoms with van der Waals surface area (Å²) in [5.74, 6) is -1.12. The summed E-state index contributed by atoms with van der Waals surface area (Å²) in [7, 11) is -3.79. The molecule has 5 nitrogen and oxygen atoms in total. The first-order chi connectivity index (χ1) is 14.5. The number of sulfone groups is 1. The zero-order valence-electron chi connectivity index (χ0n) is 17.4. The number of aliphatic hydroxyl groups is 1. The van der Waals surface area contributed by atoms with Crippen molar-refractivity contribution in [1.29, 1.82) is 0 Å². The highest BCUT2D eigenvalue weighted by Gasteiger charge is 2.53. The van der Waals surface area contributed by atoms with Crippen molar-refractivity contribution in [2.24, 2.45) is 11.8 Å². The molecule has 31 heavy (non-hydrogen) atoms. The van der Waals surface area contributed by atoms with E-state index in [1.807, 2.05) is 0 Å². The maximum atomic E-state index is 13.8. The van der Waals surface area contributed by atoms with Crippen LogP contribution in [0.1, 0.15) is 48.5 Å². The van der Waals surface area contributed by atoms with Crippen molar-refractivity contribution in [3.05, 3.63) is 58.4 Å². The smallest absolute Gasteiger partial charge is 0.255 e. The second kappa shape index (κ2) is 7.87. The summed E-state index contributed by atoms with van der Waals surface area (Å²) in [6.07, 6.45) is 2.38. The van der Waals surface area contributed by atoms with E-state index in [4.69, 9.17) is 11.6 Å². The third-order valence-corrected chi connectivity index (χ3v) is 9.63. The van der Waals surface area contributed by atoms with Crippen molar-refractivity contribution >= 4 is 33.0 Å². The lowest BCUT2D eigenvalue weighted by Gasteiger charge is -2.40. The quantitative estimate of drug-likeness (QED) is 0.682. The van der Waals surface area contributed by atoms with Crippen molar-refractivity contribution in [2.45, 2.75) is 55.3 Å². The number of fused-ring (bicyclic) bond motifs is 2. The molecule has 8 heteroatoms. The van der Waals surface area contributed by atoms with Crippen LogP contribution in [0.2, 0.25) is 5.02 Å². The fourth-order valence-corrected chi connectivity index (χ4v) is 7.34. The summed E-state index contributed by atoms with van der Waals surface area (Å²) < 4.78 is 40.6. The van der Waals surface area contributed by atoms with Gasteiger partial charge in [-0.05, 0) is 87.3 Å². The Hall–Kier alpha value is -1.96. The van der Waals surface area contributed by atoms with Gasteiger partial charge in [0.25, 0.3) is 5.91 Å². The topological polar surface area (TPSA) is 83.5 Å². The number of anilines is 1. The second-order valence-corrected chi connectivity index (χ2v) is 11.5.